The van der Waals surface area contributed by atoms with Gasteiger partial charge in [-0.05, 0) is 92.7 Å². The van der Waals surface area contributed by atoms with Gasteiger partial charge in [-0.1, -0.05) is 51.8 Å². The van der Waals surface area contributed by atoms with Gasteiger partial charge in [0.1, 0.15) is 36.2 Å². The molecule has 0 aliphatic carbocycles. The molecular weight excluding hydrogens is 1020 g/mol. The van der Waals surface area contributed by atoms with Crippen LogP contribution >= 0.6 is 35.1 Å². The van der Waals surface area contributed by atoms with Crippen molar-refractivity contribution < 1.29 is 61.4 Å². The second-order valence-electron chi connectivity index (χ2n) is 18.1. The Kier molecular flexibility index (Phi) is 14.6. The van der Waals surface area contributed by atoms with Crippen LogP contribution in [0.25, 0.3) is 10.9 Å². The number of alkyl halides is 2. The normalized spacial score (nSPS) is 21.5. The van der Waals surface area contributed by atoms with E-state index in [9.17, 15) is 56.7 Å². The van der Waals surface area contributed by atoms with Crippen molar-refractivity contribution in [1.29, 1.82) is 0 Å². The smallest absolute Gasteiger partial charge is 0.399 e. The number of aromatic amines is 1. The lowest BCUT2D eigenvalue weighted by Gasteiger charge is -2.38. The maximum atomic E-state index is 14.5. The van der Waals surface area contributed by atoms with Gasteiger partial charge in [-0.25, -0.2) is 0 Å². The molecule has 70 heavy (non-hydrogen) atoms. The minimum Gasteiger partial charge on any atom is -0.490 e. The van der Waals surface area contributed by atoms with Crippen molar-refractivity contribution in [3.63, 3.8) is 0 Å². The number of amides is 7. The number of halogens is 4. The van der Waals surface area contributed by atoms with Crippen molar-refractivity contribution >= 4 is 87.4 Å². The van der Waals surface area contributed by atoms with Gasteiger partial charge in [-0.15, -0.1) is 0 Å². The molecule has 0 spiro atoms. The fourth-order valence-electron chi connectivity index (χ4n) is 9.53. The number of fused-ring (bicyclic) bond motifs is 3. The maximum absolute atomic E-state index is 14.5. The first-order chi connectivity index (χ1) is 33.1. The number of carbonyl (C=O) groups is 7. The van der Waals surface area contributed by atoms with Crippen LogP contribution in [-0.4, -0.2) is 128 Å². The molecule has 3 aromatic carbocycles. The Morgan fingerprint density at radius 1 is 1.04 bits per heavy atom. The van der Waals surface area contributed by atoms with E-state index in [2.05, 4.69) is 36.9 Å². The first kappa shape index (κ1) is 50.6. The highest BCUT2D eigenvalue weighted by Gasteiger charge is 2.51. The molecule has 7 amide bonds. The number of benzene rings is 3. The Labute approximate surface area is 412 Å². The number of hydrogen-bond donors (Lipinski definition) is 7. The highest BCUT2D eigenvalue weighted by molar-refractivity contribution is 9.10. The largest absolute Gasteiger partial charge is 0.490 e. The van der Waals surface area contributed by atoms with Gasteiger partial charge in [0.15, 0.2) is 0 Å². The number of carbonyl (C=O) groups excluding carboxylic acids is 7. The van der Waals surface area contributed by atoms with Gasteiger partial charge in [0.05, 0.1) is 11.1 Å². The van der Waals surface area contributed by atoms with Gasteiger partial charge in [-0.3, -0.25) is 43.4 Å². The molecule has 4 aliphatic heterocycles. The predicted octanol–water partition coefficient (Wildman–Crippen LogP) is 3.79. The van der Waals surface area contributed by atoms with Crippen molar-refractivity contribution in [2.45, 2.75) is 93.8 Å². The summed E-state index contributed by atoms with van der Waals surface area (Å²) in [6, 6.07) is 8.88. The first-order valence-electron chi connectivity index (χ1n) is 22.4. The molecule has 5 heterocycles. The van der Waals surface area contributed by atoms with Crippen LogP contribution in [0.2, 0.25) is 5.02 Å². The van der Waals surface area contributed by atoms with E-state index in [0.29, 0.717) is 53.4 Å². The second-order valence-corrected chi connectivity index (χ2v) is 21.0. The number of aromatic nitrogens is 1. The zero-order valence-electron chi connectivity index (χ0n) is 37.5. The van der Waals surface area contributed by atoms with Gasteiger partial charge in [-0.2, -0.15) is 8.78 Å². The van der Waals surface area contributed by atoms with Crippen LogP contribution in [-0.2, 0) is 47.2 Å². The molecule has 0 radical (unpaired) electrons. The summed E-state index contributed by atoms with van der Waals surface area (Å²) in [6.45, 7) is 0.648. The third-order valence-electron chi connectivity index (χ3n) is 13.2. The number of ether oxygens (including phenoxy) is 1. The summed E-state index contributed by atoms with van der Waals surface area (Å²) in [5.74, 6) is -3.32. The summed E-state index contributed by atoms with van der Waals surface area (Å²) in [4.78, 5) is 118. The Balaban J connectivity index is 0.939. The summed E-state index contributed by atoms with van der Waals surface area (Å²) in [5.41, 5.74) is 2.86. The van der Waals surface area contributed by atoms with E-state index in [1.807, 2.05) is 17.0 Å². The second kappa shape index (κ2) is 20.2. The first-order valence-corrected chi connectivity index (χ1v) is 25.2. The number of nitrogens with one attached hydrogen (secondary N) is 4. The number of likely N-dealkylation sites (N-methyl/N-ethyl adjacent to an activating group) is 1. The molecule has 0 saturated carbocycles. The third-order valence-corrected chi connectivity index (χ3v) is 15.4. The van der Waals surface area contributed by atoms with E-state index in [4.69, 9.17) is 22.1 Å². The third kappa shape index (κ3) is 10.5. The maximum Gasteiger partial charge on any atom is 0.399 e. The lowest BCUT2D eigenvalue weighted by atomic mass is 10.00. The molecule has 4 aliphatic rings. The van der Waals surface area contributed by atoms with E-state index in [1.54, 1.807) is 25.2 Å². The van der Waals surface area contributed by atoms with Crippen LogP contribution in [0.3, 0.4) is 0 Å². The van der Waals surface area contributed by atoms with Gasteiger partial charge in [0, 0.05) is 64.9 Å². The van der Waals surface area contributed by atoms with Crippen LogP contribution in [0.1, 0.15) is 88.0 Å². The summed E-state index contributed by atoms with van der Waals surface area (Å²) in [6.07, 6.45) is 2.00. The summed E-state index contributed by atoms with van der Waals surface area (Å²) < 4.78 is 47.3. The van der Waals surface area contributed by atoms with Crippen molar-refractivity contribution in [3.8, 4) is 5.75 Å². The van der Waals surface area contributed by atoms with Crippen LogP contribution in [0, 0.1) is 0 Å². The van der Waals surface area contributed by atoms with E-state index in [0.717, 1.165) is 23.8 Å². The molecule has 8 rings (SSSR count). The zero-order valence-corrected chi connectivity index (χ0v) is 40.8. The van der Waals surface area contributed by atoms with Crippen LogP contribution in [0.15, 0.2) is 59.1 Å². The average Bonchev–Trinajstić information content (AvgIpc) is 4.01. The number of rotatable bonds is 15. The fourth-order valence-corrected chi connectivity index (χ4v) is 10.7. The number of hydrogen-bond acceptors (Lipinski definition) is 10. The average molecular weight is 1070 g/mol. The standard InChI is InChI=1S/C46H49BrClF2N8O11P/c1-56-14-13-29-7-9-36(58(29)45(65)34(21-56)54-41(61)33-18-25-17-27(5-8-32(25)53-33)46(49,50)70(66,67)68)43(63)52-28(6-11-38(51)59)22-69-37-4-2-3-23(40(37)48)15-24-16-26-20-57(44(64)30(26)19-31(24)47)35-10-12-39(60)55-42(35)62/h2-5,8,16-19,28-29,34-36,53H,6-7,9-15,20-22H2,1H3,(H2,51,59)(H,52,63)(H,54,61)(H,55,60,62)(H2,66,67,68)/t28-,29+,34-,35?,36-/m0/s1. The highest BCUT2D eigenvalue weighted by atomic mass is 79.9. The Hall–Kier alpha value is -5.77. The molecule has 3 fully saturated rings. The summed E-state index contributed by atoms with van der Waals surface area (Å²) in [7, 11) is -4.07. The van der Waals surface area contributed by atoms with Crippen molar-refractivity contribution in [2.24, 2.45) is 5.73 Å². The van der Waals surface area contributed by atoms with Gasteiger partial charge in [0.2, 0.25) is 29.5 Å². The predicted molar refractivity (Wildman–Crippen MR) is 252 cm³/mol. The molecular formula is C46H49BrClF2N8O11P. The minimum absolute atomic E-state index is 0.0716. The lowest BCUT2D eigenvalue weighted by molar-refractivity contribution is -0.143. The topological polar surface area (TPSA) is 274 Å². The quantitative estimate of drug-likeness (QED) is 0.0662. The summed E-state index contributed by atoms with van der Waals surface area (Å²) in [5, 5.41) is 8.33. The lowest BCUT2D eigenvalue weighted by Crippen LogP contribution is -2.60. The van der Waals surface area contributed by atoms with Crippen molar-refractivity contribution in [2.75, 3.05) is 26.7 Å². The highest BCUT2D eigenvalue weighted by Crippen LogP contribution is 2.59. The van der Waals surface area contributed by atoms with Gasteiger partial charge < -0.3 is 50.6 Å². The monoisotopic (exact) mass is 1070 g/mol. The molecule has 8 N–H and O–H groups in total. The number of imide groups is 1. The Bertz CT molecular complexity index is 2860. The number of nitrogens with two attached hydrogens (primary N) is 1. The van der Waals surface area contributed by atoms with Crippen LogP contribution in [0.5, 0.6) is 5.75 Å². The molecule has 4 aromatic rings. The van der Waals surface area contributed by atoms with Gasteiger partial charge >= 0.3 is 13.3 Å². The van der Waals surface area contributed by atoms with Crippen molar-refractivity contribution in [1.82, 2.24) is 35.6 Å². The Morgan fingerprint density at radius 2 is 1.81 bits per heavy atom. The number of primary amides is 1. The Morgan fingerprint density at radius 3 is 2.54 bits per heavy atom. The van der Waals surface area contributed by atoms with Crippen LogP contribution < -0.4 is 26.4 Å². The van der Waals surface area contributed by atoms with E-state index in [1.165, 1.54) is 15.9 Å². The number of nitrogens with zero attached hydrogens (tertiary/aromatic N) is 3. The summed E-state index contributed by atoms with van der Waals surface area (Å²) >= 11 is 10.5. The van der Waals surface area contributed by atoms with Crippen LogP contribution in [0.4, 0.5) is 8.78 Å². The molecule has 0 bridgehead atoms. The zero-order chi connectivity index (χ0) is 50.4. The molecule has 24 heteroatoms. The van der Waals surface area contributed by atoms with E-state index in [-0.39, 0.29) is 90.6 Å². The van der Waals surface area contributed by atoms with E-state index >= 15 is 0 Å². The molecule has 5 atom stereocenters. The number of piperidine rings is 1. The van der Waals surface area contributed by atoms with E-state index < -0.39 is 72.5 Å². The SMILES string of the molecule is CN1CC[C@H]2CC[C@@H](C(=O)N[C@@H](CCC(N)=O)COc3cccc(Cc4cc5c(cc4Br)C(=O)N(C4CCC(=O)NC4=O)C5)c3Cl)N2C(=O)[C@@H](NC(=O)c2cc3cc(C(F)(F)P(=O)(O)O)ccc3[nH]2)C1. The molecule has 1 unspecified atom stereocenters. The van der Waals surface area contributed by atoms with Gasteiger partial charge in [0.25, 0.3) is 11.8 Å². The molecule has 19 nitrogen and oxygen atoms in total. The molecule has 372 valence electrons. The number of H-pyrrole nitrogens is 1. The molecule has 3 saturated heterocycles. The van der Waals surface area contributed by atoms with Crippen molar-refractivity contribution in [3.05, 3.63) is 97.6 Å². The minimum atomic E-state index is -5.85. The fraction of sp³-hybridized carbons (Fsp3) is 0.413. The molecule has 1 aromatic heterocycles.